The summed E-state index contributed by atoms with van der Waals surface area (Å²) in [6.45, 7) is 1.13. The van der Waals surface area contributed by atoms with Crippen LogP contribution in [0.2, 0.25) is 0 Å². The number of nitrogens with two attached hydrogens (primary N) is 1. The van der Waals surface area contributed by atoms with Gasteiger partial charge in [-0.2, -0.15) is 0 Å². The van der Waals surface area contributed by atoms with E-state index in [2.05, 4.69) is 5.32 Å². The summed E-state index contributed by atoms with van der Waals surface area (Å²) in [5.74, 6) is 0. The molecule has 0 radical (unpaired) electrons. The molecule has 0 saturated heterocycles. The van der Waals surface area contributed by atoms with Crippen LogP contribution in [-0.2, 0) is 0 Å². The van der Waals surface area contributed by atoms with E-state index in [0.717, 1.165) is 0 Å². The number of primary amides is 1. The van der Waals surface area contributed by atoms with Crippen molar-refractivity contribution < 1.29 is 4.79 Å². The largest absolute Gasteiger partial charge is 0.374 e. The van der Waals surface area contributed by atoms with E-state index in [4.69, 9.17) is 5.73 Å². The van der Waals surface area contributed by atoms with Gasteiger partial charge in [0.2, 0.25) is 0 Å². The maximum Gasteiger partial charge on any atom is 0.316 e. The van der Waals surface area contributed by atoms with Crippen molar-refractivity contribution in [3.8, 4) is 0 Å². The molecule has 0 unspecified atom stereocenters. The van der Waals surface area contributed by atoms with E-state index in [-0.39, 0.29) is 30.8 Å². The number of halogens is 2. The molecule has 1 rings (SSSR count). The topological polar surface area (TPSA) is 58.4 Å². The third-order valence-corrected chi connectivity index (χ3v) is 1.16. The number of hydrogen-bond acceptors (Lipinski definition) is 2. The van der Waals surface area contributed by atoms with Gasteiger partial charge in [0.1, 0.15) is 0 Å². The lowest BCUT2D eigenvalue weighted by atomic mass is 10.5. The van der Waals surface area contributed by atoms with Gasteiger partial charge in [-0.1, -0.05) is 0 Å². The van der Waals surface area contributed by atoms with Gasteiger partial charge in [-0.15, -0.1) is 24.8 Å². The Morgan fingerprint density at radius 3 is 2.45 bits per heavy atom. The van der Waals surface area contributed by atoms with Crippen molar-refractivity contribution in [2.75, 3.05) is 13.2 Å². The second-order valence-electron chi connectivity index (χ2n) is 1.83. The standard InChI is InChI=1S/C5H9N3O.2ClH/c6-5(9)8-3-1-2-7-4-8;;/h1-2,7H,3-4H2,(H2,6,9);2*1H. The van der Waals surface area contributed by atoms with Crippen LogP contribution in [0.1, 0.15) is 0 Å². The Balaban J connectivity index is 0. The highest BCUT2D eigenvalue weighted by molar-refractivity contribution is 5.85. The van der Waals surface area contributed by atoms with Gasteiger partial charge in [0.25, 0.3) is 0 Å². The first-order chi connectivity index (χ1) is 4.30. The Bertz CT molecular complexity index is 151. The second kappa shape index (κ2) is 6.12. The highest BCUT2D eigenvalue weighted by Gasteiger charge is 2.07. The van der Waals surface area contributed by atoms with E-state index in [1.807, 2.05) is 6.08 Å². The Morgan fingerprint density at radius 1 is 1.55 bits per heavy atom. The van der Waals surface area contributed by atoms with Gasteiger partial charge in [-0.05, 0) is 12.3 Å². The number of urea groups is 1. The van der Waals surface area contributed by atoms with Crippen molar-refractivity contribution in [2.45, 2.75) is 0 Å². The van der Waals surface area contributed by atoms with Crippen LogP contribution in [0.15, 0.2) is 12.3 Å². The van der Waals surface area contributed by atoms with E-state index in [1.54, 1.807) is 6.20 Å². The molecule has 0 saturated carbocycles. The van der Waals surface area contributed by atoms with Crippen LogP contribution in [-0.4, -0.2) is 24.1 Å². The number of nitrogens with one attached hydrogen (secondary N) is 1. The molecule has 66 valence electrons. The zero-order valence-electron chi connectivity index (χ0n) is 5.82. The van der Waals surface area contributed by atoms with Crippen LogP contribution in [0, 0.1) is 0 Å². The summed E-state index contributed by atoms with van der Waals surface area (Å²) in [6, 6.07) is -0.383. The summed E-state index contributed by atoms with van der Waals surface area (Å²) in [5.41, 5.74) is 4.98. The third-order valence-electron chi connectivity index (χ3n) is 1.16. The summed E-state index contributed by atoms with van der Waals surface area (Å²) in [5, 5.41) is 2.86. The molecule has 11 heavy (non-hydrogen) atoms. The number of carbonyl (C=O) groups is 1. The zero-order valence-corrected chi connectivity index (χ0v) is 7.45. The summed E-state index contributed by atoms with van der Waals surface area (Å²) >= 11 is 0. The molecule has 0 atom stereocenters. The van der Waals surface area contributed by atoms with Crippen molar-refractivity contribution in [2.24, 2.45) is 5.73 Å². The molecule has 0 aromatic rings. The number of carbonyl (C=O) groups excluding carboxylic acids is 1. The molecule has 2 amide bonds. The van der Waals surface area contributed by atoms with Gasteiger partial charge in [0.05, 0.1) is 6.67 Å². The molecule has 3 N–H and O–H groups in total. The Hall–Kier alpha value is -0.610. The lowest BCUT2D eigenvalue weighted by Gasteiger charge is -2.21. The summed E-state index contributed by atoms with van der Waals surface area (Å²) < 4.78 is 0. The fraction of sp³-hybridized carbons (Fsp3) is 0.400. The van der Waals surface area contributed by atoms with Gasteiger partial charge in [-0.25, -0.2) is 4.79 Å². The average molecular weight is 200 g/mol. The molecule has 1 aliphatic heterocycles. The van der Waals surface area contributed by atoms with Crippen molar-refractivity contribution in [1.82, 2.24) is 10.2 Å². The van der Waals surface area contributed by atoms with E-state index in [0.29, 0.717) is 13.2 Å². The zero-order chi connectivity index (χ0) is 6.69. The number of rotatable bonds is 0. The van der Waals surface area contributed by atoms with E-state index in [9.17, 15) is 4.79 Å². The van der Waals surface area contributed by atoms with Crippen LogP contribution in [0.25, 0.3) is 0 Å². The smallest absolute Gasteiger partial charge is 0.316 e. The van der Waals surface area contributed by atoms with Gasteiger partial charge in [0, 0.05) is 6.54 Å². The minimum atomic E-state index is -0.383. The first-order valence-electron chi connectivity index (χ1n) is 2.73. The normalized spacial score (nSPS) is 14.0. The minimum Gasteiger partial charge on any atom is -0.374 e. The molecule has 1 aliphatic rings. The molecule has 0 fully saturated rings. The molecule has 6 heteroatoms. The molecule has 0 spiro atoms. The van der Waals surface area contributed by atoms with E-state index in [1.165, 1.54) is 4.90 Å². The molecule has 0 aromatic carbocycles. The fourth-order valence-electron chi connectivity index (χ4n) is 0.659. The van der Waals surface area contributed by atoms with E-state index < -0.39 is 0 Å². The van der Waals surface area contributed by atoms with Gasteiger partial charge in [-0.3, -0.25) is 0 Å². The first-order valence-corrected chi connectivity index (χ1v) is 2.73. The molecular formula is C5H11Cl2N3O. The summed E-state index contributed by atoms with van der Waals surface area (Å²) in [4.78, 5) is 11.9. The number of hydrogen-bond donors (Lipinski definition) is 2. The second-order valence-corrected chi connectivity index (χ2v) is 1.83. The van der Waals surface area contributed by atoms with Gasteiger partial charge < -0.3 is 16.0 Å². The van der Waals surface area contributed by atoms with E-state index >= 15 is 0 Å². The summed E-state index contributed by atoms with van der Waals surface area (Å²) in [6.07, 6.45) is 3.65. The molecule has 1 heterocycles. The lowest BCUT2D eigenvalue weighted by molar-refractivity contribution is 0.209. The molecular weight excluding hydrogens is 189 g/mol. The van der Waals surface area contributed by atoms with Crippen LogP contribution in [0.5, 0.6) is 0 Å². The molecule has 0 aliphatic carbocycles. The molecule has 0 aromatic heterocycles. The third kappa shape index (κ3) is 3.95. The summed E-state index contributed by atoms with van der Waals surface area (Å²) in [7, 11) is 0. The minimum absolute atomic E-state index is 0. The molecule has 0 bridgehead atoms. The van der Waals surface area contributed by atoms with Crippen molar-refractivity contribution in [1.29, 1.82) is 0 Å². The van der Waals surface area contributed by atoms with Gasteiger partial charge in [0.15, 0.2) is 0 Å². The Morgan fingerprint density at radius 2 is 2.18 bits per heavy atom. The number of nitrogens with zero attached hydrogens (tertiary/aromatic N) is 1. The highest BCUT2D eigenvalue weighted by atomic mass is 35.5. The van der Waals surface area contributed by atoms with Crippen molar-refractivity contribution >= 4 is 30.8 Å². The van der Waals surface area contributed by atoms with Crippen LogP contribution >= 0.6 is 24.8 Å². The fourth-order valence-corrected chi connectivity index (χ4v) is 0.659. The van der Waals surface area contributed by atoms with Gasteiger partial charge >= 0.3 is 6.03 Å². The van der Waals surface area contributed by atoms with Crippen LogP contribution in [0.4, 0.5) is 4.79 Å². The SMILES string of the molecule is Cl.Cl.NC(=O)N1CC=CNC1. The predicted octanol–water partition coefficient (Wildman–Crippen LogP) is 0.285. The lowest BCUT2D eigenvalue weighted by Crippen LogP contribution is -2.43. The van der Waals surface area contributed by atoms with Crippen LogP contribution in [0.3, 0.4) is 0 Å². The Labute approximate surface area is 77.6 Å². The van der Waals surface area contributed by atoms with Crippen molar-refractivity contribution in [3.05, 3.63) is 12.3 Å². The van der Waals surface area contributed by atoms with Crippen LogP contribution < -0.4 is 11.1 Å². The average Bonchev–Trinajstić information content (AvgIpc) is 1.90. The maximum absolute atomic E-state index is 10.4. The maximum atomic E-state index is 10.4. The Kier molecular flexibility index (Phi) is 7.24. The highest BCUT2D eigenvalue weighted by Crippen LogP contribution is 1.89. The van der Waals surface area contributed by atoms with Crippen molar-refractivity contribution in [3.63, 3.8) is 0 Å². The quantitative estimate of drug-likeness (QED) is 0.590. The number of amides is 2. The monoisotopic (exact) mass is 199 g/mol. The predicted molar refractivity (Wildman–Crippen MR) is 47.9 cm³/mol. The molecule has 4 nitrogen and oxygen atoms in total. The first kappa shape index (κ1) is 13.0.